The van der Waals surface area contributed by atoms with Crippen molar-refractivity contribution in [2.24, 2.45) is 5.41 Å². The molecule has 1 saturated carbocycles. The Kier molecular flexibility index (Phi) is 7.31. The number of aromatic nitrogens is 1. The molecule has 0 spiro atoms. The summed E-state index contributed by atoms with van der Waals surface area (Å²) in [7, 11) is 0. The molecule has 1 aliphatic carbocycles. The van der Waals surface area contributed by atoms with Gasteiger partial charge in [-0.2, -0.15) is 0 Å². The van der Waals surface area contributed by atoms with Gasteiger partial charge in [0, 0.05) is 37.9 Å². The average Bonchev–Trinajstić information content (AvgIpc) is 3.25. The molecule has 8 heteroatoms. The number of pyridine rings is 1. The molecule has 1 atom stereocenters. The van der Waals surface area contributed by atoms with Crippen molar-refractivity contribution in [1.29, 1.82) is 0 Å². The number of ether oxygens (including phenoxy) is 1. The molecule has 0 radical (unpaired) electrons. The van der Waals surface area contributed by atoms with Crippen LogP contribution in [0.25, 0.3) is 0 Å². The van der Waals surface area contributed by atoms with Crippen LogP contribution in [0.15, 0.2) is 12.1 Å². The number of carbonyl (C=O) groups is 2. The predicted octanol–water partition coefficient (Wildman–Crippen LogP) is 3.84. The van der Waals surface area contributed by atoms with Gasteiger partial charge in [-0.25, -0.2) is 0 Å². The molecule has 30 heavy (non-hydrogen) atoms. The number of nitrogens with zero attached hydrogens (tertiary/aromatic N) is 2. The van der Waals surface area contributed by atoms with Crippen LogP contribution in [0.2, 0.25) is 0 Å². The maximum absolute atomic E-state index is 12.8. The number of aryl methyl sites for hydroxylation is 1. The van der Waals surface area contributed by atoms with E-state index < -0.39 is 9.75 Å². The summed E-state index contributed by atoms with van der Waals surface area (Å²) in [4.78, 5) is 32.1. The third kappa shape index (κ3) is 4.92. The van der Waals surface area contributed by atoms with Crippen molar-refractivity contribution in [3.8, 4) is 0 Å². The second-order valence-corrected chi connectivity index (χ2v) is 10.0. The van der Waals surface area contributed by atoms with Crippen LogP contribution in [-0.2, 0) is 9.53 Å². The second kappa shape index (κ2) is 9.41. The molecular weight excluding hydrogens is 425 g/mol. The summed E-state index contributed by atoms with van der Waals surface area (Å²) in [5.41, 5.74) is 1.62. The Bertz CT molecular complexity index is 794. The second-order valence-electron chi connectivity index (χ2n) is 8.53. The Labute approximate surface area is 188 Å². The van der Waals surface area contributed by atoms with Crippen LogP contribution in [0, 0.1) is 12.3 Å². The predicted molar refractivity (Wildman–Crippen MR) is 118 cm³/mol. The van der Waals surface area contributed by atoms with E-state index in [1.54, 1.807) is 0 Å². The van der Waals surface area contributed by atoms with Gasteiger partial charge in [0.2, 0.25) is 5.91 Å². The lowest BCUT2D eigenvalue weighted by Gasteiger charge is -2.34. The van der Waals surface area contributed by atoms with Crippen molar-refractivity contribution in [2.45, 2.75) is 56.7 Å². The van der Waals surface area contributed by atoms with Gasteiger partial charge < -0.3 is 15.0 Å². The van der Waals surface area contributed by atoms with Crippen LogP contribution in [0.3, 0.4) is 0 Å². The summed E-state index contributed by atoms with van der Waals surface area (Å²) in [6.45, 7) is 8.70. The van der Waals surface area contributed by atoms with Crippen molar-refractivity contribution in [2.75, 3.05) is 32.8 Å². The van der Waals surface area contributed by atoms with E-state index in [-0.39, 0.29) is 17.7 Å². The fraction of sp³-hybridized carbons (Fsp3) is 0.682. The molecule has 0 aromatic carbocycles. The van der Waals surface area contributed by atoms with Crippen LogP contribution in [0.4, 0.5) is 0 Å². The lowest BCUT2D eigenvalue weighted by atomic mass is 9.89. The Morgan fingerprint density at radius 3 is 2.53 bits per heavy atom. The van der Waals surface area contributed by atoms with Gasteiger partial charge in [0.15, 0.2) is 0 Å². The highest BCUT2D eigenvalue weighted by Crippen LogP contribution is 2.64. The van der Waals surface area contributed by atoms with Crippen molar-refractivity contribution in [1.82, 2.24) is 15.2 Å². The zero-order valence-electron chi connectivity index (χ0n) is 18.0. The van der Waals surface area contributed by atoms with Crippen LogP contribution in [-0.4, -0.2) is 58.9 Å². The maximum Gasteiger partial charge on any atom is 0.253 e. The van der Waals surface area contributed by atoms with E-state index in [0.717, 1.165) is 30.7 Å². The van der Waals surface area contributed by atoms with Gasteiger partial charge in [-0.15, -0.1) is 23.2 Å². The van der Waals surface area contributed by atoms with E-state index in [9.17, 15) is 9.59 Å². The molecule has 2 fully saturated rings. The fourth-order valence-electron chi connectivity index (χ4n) is 4.00. The SMILES string of the molecule is CCCOCCNC(=O)c1ccc(C)nc1C1CCN(C(=O)C2(C)CC2(Cl)Cl)CC1. The van der Waals surface area contributed by atoms with Crippen molar-refractivity contribution < 1.29 is 14.3 Å². The molecule has 1 saturated heterocycles. The Balaban J connectivity index is 1.62. The normalized spacial score (nSPS) is 23.3. The number of nitrogens with one attached hydrogen (secondary N) is 1. The number of hydrogen-bond acceptors (Lipinski definition) is 4. The maximum atomic E-state index is 12.8. The van der Waals surface area contributed by atoms with E-state index in [4.69, 9.17) is 32.9 Å². The monoisotopic (exact) mass is 455 g/mol. The first-order valence-electron chi connectivity index (χ1n) is 10.7. The molecule has 3 rings (SSSR count). The Morgan fingerprint density at radius 2 is 1.93 bits per heavy atom. The highest BCUT2D eigenvalue weighted by atomic mass is 35.5. The van der Waals surface area contributed by atoms with Gasteiger partial charge in [0.1, 0.15) is 4.33 Å². The number of hydrogen-bond donors (Lipinski definition) is 1. The van der Waals surface area contributed by atoms with Gasteiger partial charge in [0.05, 0.1) is 23.3 Å². The first kappa shape index (κ1) is 23.3. The summed E-state index contributed by atoms with van der Waals surface area (Å²) in [6, 6.07) is 3.71. The highest BCUT2D eigenvalue weighted by Gasteiger charge is 2.68. The topological polar surface area (TPSA) is 71.5 Å². The van der Waals surface area contributed by atoms with E-state index in [0.29, 0.717) is 44.8 Å². The standard InChI is InChI=1S/C22H31Cl2N3O3/c1-4-12-30-13-9-25-19(28)17-6-5-15(2)26-18(17)16-7-10-27(11-8-16)20(29)21(3)14-22(21,23)24/h5-6,16H,4,7-14H2,1-3H3,(H,25,28). The first-order valence-corrected chi connectivity index (χ1v) is 11.5. The van der Waals surface area contributed by atoms with Crippen molar-refractivity contribution in [3.63, 3.8) is 0 Å². The summed E-state index contributed by atoms with van der Waals surface area (Å²) in [6.07, 6.45) is 2.97. The van der Waals surface area contributed by atoms with E-state index >= 15 is 0 Å². The molecule has 2 aliphatic rings. The van der Waals surface area contributed by atoms with E-state index in [2.05, 4.69) is 12.2 Å². The van der Waals surface area contributed by atoms with Gasteiger partial charge in [0.25, 0.3) is 5.91 Å². The van der Waals surface area contributed by atoms with E-state index in [1.165, 1.54) is 0 Å². The third-order valence-corrected chi connectivity index (χ3v) is 7.19. The van der Waals surface area contributed by atoms with Gasteiger partial charge in [-0.1, -0.05) is 6.92 Å². The molecule has 2 amide bonds. The van der Waals surface area contributed by atoms with Gasteiger partial charge >= 0.3 is 0 Å². The van der Waals surface area contributed by atoms with Gasteiger partial charge in [-0.3, -0.25) is 14.6 Å². The molecule has 1 aromatic rings. The van der Waals surface area contributed by atoms with E-state index in [1.807, 2.05) is 30.9 Å². The third-order valence-electron chi connectivity index (χ3n) is 6.09. The number of carbonyl (C=O) groups excluding carboxylic acids is 2. The lowest BCUT2D eigenvalue weighted by Crippen LogP contribution is -2.43. The molecule has 1 aromatic heterocycles. The minimum absolute atomic E-state index is 0.0215. The van der Waals surface area contributed by atoms with Crippen LogP contribution in [0.5, 0.6) is 0 Å². The number of piperidine rings is 1. The first-order chi connectivity index (χ1) is 14.2. The minimum atomic E-state index is -0.953. The smallest absolute Gasteiger partial charge is 0.253 e. The number of alkyl halides is 2. The molecule has 1 aliphatic heterocycles. The summed E-state index contributed by atoms with van der Waals surface area (Å²) >= 11 is 12.4. The van der Waals surface area contributed by atoms with Crippen molar-refractivity contribution in [3.05, 3.63) is 29.1 Å². The fourth-order valence-corrected chi connectivity index (χ4v) is 4.69. The minimum Gasteiger partial charge on any atom is -0.380 e. The Hall–Kier alpha value is -1.37. The summed E-state index contributed by atoms with van der Waals surface area (Å²) in [5.74, 6) is 0.0265. The molecular formula is C22H31Cl2N3O3. The number of halogens is 2. The highest BCUT2D eigenvalue weighted by molar-refractivity contribution is 6.53. The summed E-state index contributed by atoms with van der Waals surface area (Å²) < 4.78 is 4.48. The zero-order valence-corrected chi connectivity index (χ0v) is 19.5. The number of amides is 2. The average molecular weight is 456 g/mol. The largest absolute Gasteiger partial charge is 0.380 e. The molecule has 6 nitrogen and oxygen atoms in total. The zero-order chi connectivity index (χ0) is 21.9. The Morgan fingerprint density at radius 1 is 1.27 bits per heavy atom. The number of likely N-dealkylation sites (tertiary alicyclic amines) is 1. The molecule has 166 valence electrons. The van der Waals surface area contributed by atoms with Crippen LogP contribution >= 0.6 is 23.2 Å². The quantitative estimate of drug-likeness (QED) is 0.477. The van der Waals surface area contributed by atoms with Crippen LogP contribution < -0.4 is 5.32 Å². The molecule has 0 bridgehead atoms. The molecule has 2 heterocycles. The molecule has 1 unspecified atom stereocenters. The van der Waals surface area contributed by atoms with Crippen molar-refractivity contribution >= 4 is 35.0 Å². The van der Waals surface area contributed by atoms with Crippen LogP contribution in [0.1, 0.15) is 67.2 Å². The molecule has 1 N–H and O–H groups in total. The summed E-state index contributed by atoms with van der Waals surface area (Å²) in [5, 5.41) is 2.92. The lowest BCUT2D eigenvalue weighted by molar-refractivity contribution is -0.137. The van der Waals surface area contributed by atoms with Gasteiger partial charge in [-0.05, 0) is 51.7 Å². The number of rotatable bonds is 8.